The molecule has 1 aromatic rings. The van der Waals surface area contributed by atoms with Gasteiger partial charge in [-0.25, -0.2) is 4.79 Å². The van der Waals surface area contributed by atoms with Crippen LogP contribution in [0.15, 0.2) is 24.3 Å². The first kappa shape index (κ1) is 14.9. The van der Waals surface area contributed by atoms with Crippen LogP contribution in [0, 0.1) is 17.0 Å². The summed E-state index contributed by atoms with van der Waals surface area (Å²) in [4.78, 5) is 21.9. The fourth-order valence-electron chi connectivity index (χ4n) is 1.51. The molecule has 0 aliphatic rings. The van der Waals surface area contributed by atoms with Gasteiger partial charge in [-0.1, -0.05) is 12.1 Å². The van der Waals surface area contributed by atoms with Gasteiger partial charge in [0, 0.05) is 17.7 Å². The zero-order valence-electron chi connectivity index (χ0n) is 11.5. The second kappa shape index (κ2) is 5.65. The highest BCUT2D eigenvalue weighted by molar-refractivity contribution is 5.87. The second-order valence-electron chi connectivity index (χ2n) is 5.12. The Labute approximate surface area is 112 Å². The number of nitro groups is 1. The fourth-order valence-corrected chi connectivity index (χ4v) is 1.51. The molecule has 0 aliphatic heterocycles. The molecule has 1 rings (SSSR count). The Bertz CT molecular complexity index is 527. The molecule has 0 fully saturated rings. The summed E-state index contributed by atoms with van der Waals surface area (Å²) in [7, 11) is 0. The summed E-state index contributed by atoms with van der Waals surface area (Å²) in [5, 5.41) is 10.8. The lowest BCUT2D eigenvalue weighted by Gasteiger charge is -2.17. The Morgan fingerprint density at radius 3 is 2.53 bits per heavy atom. The number of carbonyl (C=O) groups is 1. The number of ether oxygens (including phenoxy) is 1. The molecule has 5 heteroatoms. The predicted octanol–water partition coefficient (Wildman–Crippen LogP) is 3.26. The molecule has 0 heterocycles. The Balaban J connectivity index is 2.92. The third-order valence-corrected chi connectivity index (χ3v) is 2.35. The number of hydrogen-bond donors (Lipinski definition) is 0. The van der Waals surface area contributed by atoms with E-state index in [2.05, 4.69) is 0 Å². The maximum Gasteiger partial charge on any atom is 0.331 e. The molecular weight excluding hydrogens is 246 g/mol. The summed E-state index contributed by atoms with van der Waals surface area (Å²) in [6, 6.07) is 4.73. The van der Waals surface area contributed by atoms with Gasteiger partial charge in [0.15, 0.2) is 0 Å². The maximum atomic E-state index is 11.5. The van der Waals surface area contributed by atoms with Crippen molar-refractivity contribution < 1.29 is 14.5 Å². The molecule has 0 N–H and O–H groups in total. The Kier molecular flexibility index (Phi) is 4.43. The molecule has 0 aromatic heterocycles. The van der Waals surface area contributed by atoms with Gasteiger partial charge in [0.25, 0.3) is 5.69 Å². The van der Waals surface area contributed by atoms with Crippen LogP contribution in [0.5, 0.6) is 0 Å². The van der Waals surface area contributed by atoms with Gasteiger partial charge in [0.2, 0.25) is 0 Å². The fraction of sp³-hybridized carbons (Fsp3) is 0.357. The van der Waals surface area contributed by atoms with Gasteiger partial charge in [-0.05, 0) is 39.3 Å². The summed E-state index contributed by atoms with van der Waals surface area (Å²) in [6.07, 6.45) is 2.80. The highest BCUT2D eigenvalue weighted by atomic mass is 16.6. The lowest BCUT2D eigenvalue weighted by atomic mass is 10.1. The van der Waals surface area contributed by atoms with Gasteiger partial charge < -0.3 is 4.74 Å². The number of nitrogens with zero attached hydrogens (tertiary/aromatic N) is 1. The summed E-state index contributed by atoms with van der Waals surface area (Å²) in [6.45, 7) is 6.97. The minimum atomic E-state index is -0.556. The van der Waals surface area contributed by atoms with Crippen molar-refractivity contribution in [3.8, 4) is 0 Å². The third-order valence-electron chi connectivity index (χ3n) is 2.35. The lowest BCUT2D eigenvalue weighted by Crippen LogP contribution is -2.22. The minimum Gasteiger partial charge on any atom is -0.457 e. The molecule has 5 nitrogen and oxygen atoms in total. The van der Waals surface area contributed by atoms with E-state index in [1.807, 2.05) is 0 Å². The van der Waals surface area contributed by atoms with Crippen LogP contribution in [-0.4, -0.2) is 16.5 Å². The largest absolute Gasteiger partial charge is 0.457 e. The van der Waals surface area contributed by atoms with Crippen LogP contribution in [0.1, 0.15) is 31.9 Å². The quantitative estimate of drug-likeness (QED) is 0.363. The average Bonchev–Trinajstić information content (AvgIpc) is 2.24. The second-order valence-corrected chi connectivity index (χ2v) is 5.12. The van der Waals surface area contributed by atoms with E-state index in [-0.39, 0.29) is 5.69 Å². The van der Waals surface area contributed by atoms with Crippen LogP contribution in [0.3, 0.4) is 0 Å². The SMILES string of the molecule is Cc1c(C=CC(=O)OC(C)(C)C)cccc1[N+](=O)[O-]. The van der Waals surface area contributed by atoms with Gasteiger partial charge in [-0.2, -0.15) is 0 Å². The van der Waals surface area contributed by atoms with Crippen molar-refractivity contribution >= 4 is 17.7 Å². The summed E-state index contributed by atoms with van der Waals surface area (Å²) < 4.78 is 5.12. The number of nitro benzene ring substituents is 1. The highest BCUT2D eigenvalue weighted by Crippen LogP contribution is 2.22. The Morgan fingerprint density at radius 1 is 1.37 bits per heavy atom. The smallest absolute Gasteiger partial charge is 0.331 e. The van der Waals surface area contributed by atoms with Gasteiger partial charge in [0.05, 0.1) is 4.92 Å². The van der Waals surface area contributed by atoms with Crippen molar-refractivity contribution in [2.75, 3.05) is 0 Å². The maximum absolute atomic E-state index is 11.5. The molecule has 0 aliphatic carbocycles. The molecule has 0 atom stereocenters. The van der Waals surface area contributed by atoms with Crippen molar-refractivity contribution in [1.82, 2.24) is 0 Å². The monoisotopic (exact) mass is 263 g/mol. The number of rotatable bonds is 3. The minimum absolute atomic E-state index is 0.0336. The first-order valence-corrected chi connectivity index (χ1v) is 5.86. The van der Waals surface area contributed by atoms with E-state index >= 15 is 0 Å². The van der Waals surface area contributed by atoms with Crippen LogP contribution >= 0.6 is 0 Å². The Morgan fingerprint density at radius 2 is 2.00 bits per heavy atom. The van der Waals surface area contributed by atoms with Crippen LogP contribution < -0.4 is 0 Å². The van der Waals surface area contributed by atoms with Crippen LogP contribution in [0.25, 0.3) is 6.08 Å². The number of carbonyl (C=O) groups excluding carboxylic acids is 1. The summed E-state index contributed by atoms with van der Waals surface area (Å²) in [5.41, 5.74) is 0.623. The molecule has 102 valence electrons. The van der Waals surface area contributed by atoms with Crippen LogP contribution in [-0.2, 0) is 9.53 Å². The predicted molar refractivity (Wildman–Crippen MR) is 72.7 cm³/mol. The van der Waals surface area contributed by atoms with Gasteiger partial charge in [-0.3, -0.25) is 10.1 Å². The van der Waals surface area contributed by atoms with Crippen molar-refractivity contribution in [3.63, 3.8) is 0 Å². The summed E-state index contributed by atoms with van der Waals surface area (Å²) >= 11 is 0. The first-order chi connectivity index (χ1) is 8.70. The number of benzene rings is 1. The van der Waals surface area contributed by atoms with Crippen molar-refractivity contribution in [2.45, 2.75) is 33.3 Å². The van der Waals surface area contributed by atoms with E-state index < -0.39 is 16.5 Å². The summed E-state index contributed by atoms with van der Waals surface area (Å²) in [5.74, 6) is -0.474. The molecular formula is C14H17NO4. The topological polar surface area (TPSA) is 69.4 Å². The van der Waals surface area contributed by atoms with E-state index in [1.54, 1.807) is 39.8 Å². The highest BCUT2D eigenvalue weighted by Gasteiger charge is 2.15. The van der Waals surface area contributed by atoms with Gasteiger partial charge in [0.1, 0.15) is 5.60 Å². The van der Waals surface area contributed by atoms with E-state index in [0.29, 0.717) is 11.1 Å². The third kappa shape index (κ3) is 4.54. The van der Waals surface area contributed by atoms with Gasteiger partial charge >= 0.3 is 5.97 Å². The molecule has 0 unspecified atom stereocenters. The van der Waals surface area contributed by atoms with Crippen LogP contribution in [0.2, 0.25) is 0 Å². The van der Waals surface area contributed by atoms with Gasteiger partial charge in [-0.15, -0.1) is 0 Å². The molecule has 0 amide bonds. The van der Waals surface area contributed by atoms with E-state index in [4.69, 9.17) is 4.74 Å². The standard InChI is InChI=1S/C14H17NO4/c1-10-11(6-5-7-12(10)15(17)18)8-9-13(16)19-14(2,3)4/h5-9H,1-4H3. The van der Waals surface area contributed by atoms with E-state index in [0.717, 1.165) is 0 Å². The molecule has 1 aromatic carbocycles. The molecule has 0 bridgehead atoms. The average molecular weight is 263 g/mol. The van der Waals surface area contributed by atoms with Crippen molar-refractivity contribution in [1.29, 1.82) is 0 Å². The molecule has 19 heavy (non-hydrogen) atoms. The molecule has 0 radical (unpaired) electrons. The Hall–Kier alpha value is -2.17. The molecule has 0 saturated carbocycles. The normalized spacial score (nSPS) is 11.6. The number of esters is 1. The molecule has 0 spiro atoms. The number of hydrogen-bond acceptors (Lipinski definition) is 4. The lowest BCUT2D eigenvalue weighted by molar-refractivity contribution is -0.385. The van der Waals surface area contributed by atoms with Crippen molar-refractivity contribution in [3.05, 3.63) is 45.5 Å². The van der Waals surface area contributed by atoms with E-state index in [9.17, 15) is 14.9 Å². The van der Waals surface area contributed by atoms with Crippen LogP contribution in [0.4, 0.5) is 5.69 Å². The zero-order chi connectivity index (χ0) is 14.6. The molecule has 0 saturated heterocycles. The van der Waals surface area contributed by atoms with E-state index in [1.165, 1.54) is 18.2 Å². The zero-order valence-corrected chi connectivity index (χ0v) is 11.5. The van der Waals surface area contributed by atoms with Crippen molar-refractivity contribution in [2.24, 2.45) is 0 Å². The first-order valence-electron chi connectivity index (χ1n) is 5.86.